The molecular weight excluding hydrogens is 734 g/mol. The van der Waals surface area contributed by atoms with E-state index < -0.39 is 22.6 Å². The van der Waals surface area contributed by atoms with Gasteiger partial charge in [0, 0.05) is 0 Å². The molecule has 12 nitrogen and oxygen atoms in total. The summed E-state index contributed by atoms with van der Waals surface area (Å²) < 4.78 is 12.6. The van der Waals surface area contributed by atoms with Gasteiger partial charge in [-0.3, -0.25) is 0 Å². The minimum absolute atomic E-state index is 0. The van der Waals surface area contributed by atoms with E-state index in [2.05, 4.69) is 155 Å². The summed E-state index contributed by atoms with van der Waals surface area (Å²) in [4.78, 5) is 0. The molecule has 0 amide bonds. The van der Waals surface area contributed by atoms with Crippen LogP contribution in [0.5, 0.6) is 0 Å². The van der Waals surface area contributed by atoms with E-state index in [1.54, 1.807) is 0 Å². The van der Waals surface area contributed by atoms with Crippen LogP contribution >= 0.6 is 0 Å². The molecule has 7 rings (SSSR count). The Morgan fingerprint density at radius 1 is 0.321 bits per heavy atom. The first-order chi connectivity index (χ1) is 24.6. The van der Waals surface area contributed by atoms with Gasteiger partial charge >= 0.3 is 32.7 Å². The Morgan fingerprint density at radius 2 is 0.509 bits per heavy atom. The van der Waals surface area contributed by atoms with Gasteiger partial charge in [0.15, 0.2) is 22.6 Å². The Balaban J connectivity index is 0.000000195. The number of hydrogen-bond acceptors (Lipinski definition) is 6. The maximum Gasteiger partial charge on any atom is 3.00 e. The van der Waals surface area contributed by atoms with Gasteiger partial charge in [-0.1, -0.05) is 35.9 Å². The molecule has 0 saturated carbocycles. The van der Waals surface area contributed by atoms with Gasteiger partial charge in [0.1, 0.15) is 0 Å². The first kappa shape index (κ1) is 43.2. The summed E-state index contributed by atoms with van der Waals surface area (Å²) in [6, 6.07) is 22.9. The van der Waals surface area contributed by atoms with Crippen molar-refractivity contribution in [1.29, 1.82) is 0 Å². The van der Waals surface area contributed by atoms with Crippen molar-refractivity contribution in [3.8, 4) is 0 Å². The molecule has 0 aliphatic carbocycles. The van der Waals surface area contributed by atoms with Crippen molar-refractivity contribution >= 4 is 22.6 Å². The Labute approximate surface area is 342 Å². The zero-order valence-electron chi connectivity index (χ0n) is 34.8. The largest absolute Gasteiger partial charge is 3.00 e. The molecule has 7 aromatic rings. The van der Waals surface area contributed by atoms with Crippen molar-refractivity contribution in [2.45, 2.75) is 90.0 Å². The van der Waals surface area contributed by atoms with Crippen molar-refractivity contribution in [3.05, 3.63) is 141 Å². The summed E-state index contributed by atoms with van der Waals surface area (Å²) in [5, 5.41) is 26.8. The standard InChI is InChI=1S/3C10H16BN4.C7H8.Y/c3*1-7-5-9(3)14(12-7)11-15-10(4)6-8(2)13-15;1-7-5-3-2-4-6-7;/h3*5-6H,11H2,1-4H3;2-6H,1H3;/q3*-1;;+3. The van der Waals surface area contributed by atoms with Crippen molar-refractivity contribution in [2.75, 3.05) is 0 Å². The van der Waals surface area contributed by atoms with Gasteiger partial charge in [0.05, 0.1) is 34.2 Å². The minimum Gasteiger partial charge on any atom is -0.426 e. The normalized spacial score (nSPS) is 10.4. The quantitative estimate of drug-likeness (QED) is 0.235. The van der Waals surface area contributed by atoms with Crippen LogP contribution in [0.1, 0.15) is 73.9 Å². The number of aryl methyl sites for hydroxylation is 13. The van der Waals surface area contributed by atoms with Crippen LogP contribution in [0.2, 0.25) is 0 Å². The fourth-order valence-corrected chi connectivity index (χ4v) is 6.73. The van der Waals surface area contributed by atoms with Crippen LogP contribution in [0.15, 0.2) is 66.7 Å². The van der Waals surface area contributed by atoms with Gasteiger partial charge in [-0.05, 0) is 161 Å². The Bertz CT molecular complexity index is 1840. The molecule has 0 aliphatic heterocycles. The van der Waals surface area contributed by atoms with Gasteiger partial charge in [0.25, 0.3) is 0 Å². The molecule has 0 spiro atoms. The Kier molecular flexibility index (Phi) is 16.1. The average molecular weight is 790 g/mol. The van der Waals surface area contributed by atoms with E-state index >= 15 is 0 Å². The zero-order chi connectivity index (χ0) is 38.1. The molecule has 53 heavy (non-hydrogen) atoms. The fourth-order valence-electron chi connectivity index (χ4n) is 6.73. The number of hydrogen-bond donors (Lipinski definition) is 0. The van der Waals surface area contributed by atoms with E-state index in [1.165, 1.54) is 39.7 Å². The molecule has 0 aliphatic rings. The van der Waals surface area contributed by atoms with Crippen LogP contribution in [0.4, 0.5) is 0 Å². The summed E-state index contributed by atoms with van der Waals surface area (Å²) in [7, 11) is -1.52. The second kappa shape index (κ2) is 19.7. The van der Waals surface area contributed by atoms with Gasteiger partial charge < -0.3 is 27.6 Å². The molecule has 0 radical (unpaired) electrons. The topological polar surface area (TPSA) is 107 Å². The molecule has 16 heteroatoms. The van der Waals surface area contributed by atoms with E-state index in [0.717, 1.165) is 34.2 Å². The molecule has 0 unspecified atom stereocenters. The van der Waals surface area contributed by atoms with Gasteiger partial charge in [-0.25, -0.2) is 30.6 Å². The van der Waals surface area contributed by atoms with Crippen LogP contribution in [0.25, 0.3) is 0 Å². The number of rotatable bonds is 6. The second-order valence-corrected chi connectivity index (χ2v) is 14.6. The van der Waals surface area contributed by atoms with E-state index in [1.807, 2.05) is 59.7 Å². The van der Waals surface area contributed by atoms with Crippen LogP contribution in [0.3, 0.4) is 0 Å². The van der Waals surface area contributed by atoms with Gasteiger partial charge in [0.2, 0.25) is 0 Å². The average Bonchev–Trinajstić information content (AvgIpc) is 3.88. The number of benzene rings is 1. The first-order valence-electron chi connectivity index (χ1n) is 18.4. The van der Waals surface area contributed by atoms with Crippen molar-refractivity contribution in [2.24, 2.45) is 0 Å². The second-order valence-electron chi connectivity index (χ2n) is 14.6. The minimum atomic E-state index is -0.506. The molecule has 6 aromatic heterocycles. The third-order valence-corrected chi connectivity index (χ3v) is 9.49. The maximum absolute atomic E-state index is 4.47. The number of aromatic nitrogens is 12. The van der Waals surface area contributed by atoms with Crippen LogP contribution < -0.4 is 0 Å². The number of nitrogens with zero attached hydrogens (tertiary/aromatic N) is 12. The monoisotopic (exact) mass is 790 g/mol. The molecule has 0 saturated heterocycles. The third kappa shape index (κ3) is 13.0. The maximum atomic E-state index is 4.47. The summed E-state index contributed by atoms with van der Waals surface area (Å²) in [6.07, 6.45) is 0. The van der Waals surface area contributed by atoms with Crippen molar-refractivity contribution in [3.63, 3.8) is 0 Å². The summed E-state index contributed by atoms with van der Waals surface area (Å²) in [6.45, 7) is 26.8. The molecule has 0 fully saturated rings. The van der Waals surface area contributed by atoms with Crippen LogP contribution in [-0.2, 0) is 32.7 Å². The predicted molar refractivity (Wildman–Crippen MR) is 219 cm³/mol. The SMILES string of the molecule is Cc1cc(C)n([BH2-]n2nc(C)cc2C)n1.Cc1cc(C)n([BH2-]n2nc(C)cc2C)n1.Cc1cc(C)n([BH2-]n2nc(C)cc2C)n1.Cc1ccccc1.[Y+3]. The van der Waals surface area contributed by atoms with Gasteiger partial charge in [-0.15, -0.1) is 0 Å². The fraction of sp³-hybridized carbons (Fsp3) is 0.351. The molecular formula is C37H56B3N12Y. The summed E-state index contributed by atoms with van der Waals surface area (Å²) >= 11 is 0. The Hall–Kier alpha value is -4.22. The molecule has 0 atom stereocenters. The molecule has 1 aromatic carbocycles. The Morgan fingerprint density at radius 3 is 0.623 bits per heavy atom. The van der Waals surface area contributed by atoms with E-state index in [0.29, 0.717) is 0 Å². The smallest absolute Gasteiger partial charge is 0.426 e. The first-order valence-corrected chi connectivity index (χ1v) is 18.4. The van der Waals surface area contributed by atoms with E-state index in [9.17, 15) is 0 Å². The molecule has 0 N–H and O–H groups in total. The molecule has 276 valence electrons. The van der Waals surface area contributed by atoms with Crippen LogP contribution in [-0.4, -0.2) is 80.8 Å². The molecule has 0 bridgehead atoms. The summed E-state index contributed by atoms with van der Waals surface area (Å²) in [5.41, 5.74) is 15.1. The molecule has 6 heterocycles. The third-order valence-electron chi connectivity index (χ3n) is 9.49. The van der Waals surface area contributed by atoms with Crippen molar-refractivity contribution in [1.82, 2.24) is 58.1 Å². The zero-order valence-corrected chi connectivity index (χ0v) is 37.6. The van der Waals surface area contributed by atoms with Crippen molar-refractivity contribution < 1.29 is 32.7 Å². The van der Waals surface area contributed by atoms with E-state index in [-0.39, 0.29) is 32.7 Å². The van der Waals surface area contributed by atoms with Gasteiger partial charge in [-0.2, -0.15) is 0 Å². The predicted octanol–water partition coefficient (Wildman–Crippen LogP) is 4.12. The van der Waals surface area contributed by atoms with Crippen LogP contribution in [0, 0.1) is 90.0 Å². The summed E-state index contributed by atoms with van der Waals surface area (Å²) in [5.74, 6) is 0. The van der Waals surface area contributed by atoms with E-state index in [4.69, 9.17) is 0 Å².